The van der Waals surface area contributed by atoms with Crippen molar-refractivity contribution in [2.24, 2.45) is 0 Å². The van der Waals surface area contributed by atoms with Gasteiger partial charge in [0.15, 0.2) is 0 Å². The fraction of sp³-hybridized carbons (Fsp3) is 0.385. The molecule has 0 aliphatic carbocycles. The fourth-order valence-corrected chi connectivity index (χ4v) is 3.72. The Bertz CT molecular complexity index is 436. The van der Waals surface area contributed by atoms with E-state index in [-0.39, 0.29) is 0 Å². The molecule has 0 amide bonds. The maximum atomic E-state index is 6.23. The molecule has 0 aromatic carbocycles. The minimum atomic E-state index is 0.344. The molecule has 4 heteroatoms. The Morgan fingerprint density at radius 2 is 2.24 bits per heavy atom. The van der Waals surface area contributed by atoms with E-state index < -0.39 is 0 Å². The highest BCUT2D eigenvalue weighted by molar-refractivity contribution is 7.10. The Kier molecular flexibility index (Phi) is 5.04. The average molecular weight is 286 g/mol. The predicted molar refractivity (Wildman–Crippen MR) is 78.4 cm³/mol. The van der Waals surface area contributed by atoms with Crippen LogP contribution in [0, 0.1) is 0 Å². The van der Waals surface area contributed by atoms with Crippen LogP contribution in [0.4, 0.5) is 0 Å². The molecule has 0 spiro atoms. The van der Waals surface area contributed by atoms with Crippen molar-refractivity contribution >= 4 is 34.3 Å². The van der Waals surface area contributed by atoms with Crippen molar-refractivity contribution in [3.05, 3.63) is 43.7 Å². The first kappa shape index (κ1) is 13.1. The molecule has 0 fully saturated rings. The van der Waals surface area contributed by atoms with E-state index in [1.807, 2.05) is 6.07 Å². The molecule has 0 saturated heterocycles. The SMILES string of the molecule is CCCNC(Cc1ccsc1)c1sccc1Cl. The lowest BCUT2D eigenvalue weighted by molar-refractivity contribution is 0.537. The summed E-state index contributed by atoms with van der Waals surface area (Å²) in [6.07, 6.45) is 2.16. The lowest BCUT2D eigenvalue weighted by atomic mass is 10.1. The molecule has 0 saturated carbocycles. The zero-order valence-electron chi connectivity index (χ0n) is 9.78. The number of halogens is 1. The summed E-state index contributed by atoms with van der Waals surface area (Å²) in [5.74, 6) is 0. The Morgan fingerprint density at radius 3 is 2.82 bits per heavy atom. The van der Waals surface area contributed by atoms with Crippen LogP contribution in [0.2, 0.25) is 5.02 Å². The highest BCUT2D eigenvalue weighted by Crippen LogP contribution is 2.31. The summed E-state index contributed by atoms with van der Waals surface area (Å²) >= 11 is 9.72. The molecule has 1 N–H and O–H groups in total. The monoisotopic (exact) mass is 285 g/mol. The Hall–Kier alpha value is -0.350. The van der Waals surface area contributed by atoms with Gasteiger partial charge in [0.25, 0.3) is 0 Å². The predicted octanol–water partition coefficient (Wildman–Crippen LogP) is 4.75. The highest BCUT2D eigenvalue weighted by atomic mass is 35.5. The Morgan fingerprint density at radius 1 is 1.35 bits per heavy atom. The highest BCUT2D eigenvalue weighted by Gasteiger charge is 2.16. The summed E-state index contributed by atoms with van der Waals surface area (Å²) in [5, 5.41) is 10.9. The standard InChI is InChI=1S/C13H16ClNS2/c1-2-5-15-12(8-10-3-6-16-9-10)13-11(14)4-7-17-13/h3-4,6-7,9,12,15H,2,5,8H2,1H3. The molecular formula is C13H16ClNS2. The molecule has 92 valence electrons. The summed E-state index contributed by atoms with van der Waals surface area (Å²) in [5.41, 5.74) is 1.38. The van der Waals surface area contributed by atoms with Gasteiger partial charge in [0.1, 0.15) is 0 Å². The Labute approximate surface area is 115 Å². The van der Waals surface area contributed by atoms with E-state index >= 15 is 0 Å². The summed E-state index contributed by atoms with van der Waals surface area (Å²) in [6, 6.07) is 4.51. The number of thiophene rings is 2. The first-order valence-electron chi connectivity index (χ1n) is 5.78. The third-order valence-electron chi connectivity index (χ3n) is 2.62. The van der Waals surface area contributed by atoms with E-state index in [9.17, 15) is 0 Å². The van der Waals surface area contributed by atoms with Crippen LogP contribution >= 0.6 is 34.3 Å². The Balaban J connectivity index is 2.11. The molecule has 1 unspecified atom stereocenters. The van der Waals surface area contributed by atoms with E-state index in [2.05, 4.69) is 34.4 Å². The molecule has 17 heavy (non-hydrogen) atoms. The fourth-order valence-electron chi connectivity index (χ4n) is 1.77. The molecular weight excluding hydrogens is 270 g/mol. The van der Waals surface area contributed by atoms with E-state index in [1.54, 1.807) is 22.7 Å². The maximum absolute atomic E-state index is 6.23. The molecule has 2 heterocycles. The van der Waals surface area contributed by atoms with Gasteiger partial charge in [0.2, 0.25) is 0 Å². The number of hydrogen-bond acceptors (Lipinski definition) is 3. The van der Waals surface area contributed by atoms with Crippen LogP contribution in [0.15, 0.2) is 28.3 Å². The molecule has 0 bridgehead atoms. The summed E-state index contributed by atoms with van der Waals surface area (Å²) in [4.78, 5) is 1.26. The molecule has 1 atom stereocenters. The molecule has 2 aromatic rings. The minimum absolute atomic E-state index is 0.344. The normalized spacial score (nSPS) is 12.8. The van der Waals surface area contributed by atoms with Gasteiger partial charge in [-0.1, -0.05) is 18.5 Å². The van der Waals surface area contributed by atoms with Crippen LogP contribution in [0.3, 0.4) is 0 Å². The molecule has 1 nitrogen and oxygen atoms in total. The first-order chi connectivity index (χ1) is 8.31. The van der Waals surface area contributed by atoms with E-state index in [1.165, 1.54) is 10.4 Å². The van der Waals surface area contributed by atoms with E-state index in [0.29, 0.717) is 6.04 Å². The van der Waals surface area contributed by atoms with Gasteiger partial charge in [0, 0.05) is 10.9 Å². The summed E-state index contributed by atoms with van der Waals surface area (Å²) in [6.45, 7) is 3.22. The lowest BCUT2D eigenvalue weighted by Gasteiger charge is -2.17. The molecule has 0 radical (unpaired) electrons. The first-order valence-corrected chi connectivity index (χ1v) is 7.98. The smallest absolute Gasteiger partial charge is 0.0561 e. The van der Waals surface area contributed by atoms with Crippen LogP contribution < -0.4 is 5.32 Å². The van der Waals surface area contributed by atoms with Gasteiger partial charge in [-0.25, -0.2) is 0 Å². The zero-order valence-corrected chi connectivity index (χ0v) is 12.2. The second-order valence-corrected chi connectivity index (χ2v) is 6.11. The largest absolute Gasteiger partial charge is 0.309 e. The second kappa shape index (κ2) is 6.55. The van der Waals surface area contributed by atoms with Crippen molar-refractivity contribution in [1.29, 1.82) is 0 Å². The molecule has 0 aliphatic heterocycles. The van der Waals surface area contributed by atoms with Crippen LogP contribution in [-0.2, 0) is 6.42 Å². The molecule has 2 aromatic heterocycles. The summed E-state index contributed by atoms with van der Waals surface area (Å²) in [7, 11) is 0. The van der Waals surface area contributed by atoms with Gasteiger partial charge in [-0.15, -0.1) is 11.3 Å². The third kappa shape index (κ3) is 3.55. The van der Waals surface area contributed by atoms with Gasteiger partial charge >= 0.3 is 0 Å². The van der Waals surface area contributed by atoms with Gasteiger partial charge < -0.3 is 5.32 Å². The third-order valence-corrected chi connectivity index (χ3v) is 4.83. The second-order valence-electron chi connectivity index (χ2n) is 3.98. The van der Waals surface area contributed by atoms with E-state index in [4.69, 9.17) is 11.6 Å². The van der Waals surface area contributed by atoms with E-state index in [0.717, 1.165) is 24.4 Å². The van der Waals surface area contributed by atoms with Crippen LogP contribution in [0.1, 0.15) is 29.8 Å². The summed E-state index contributed by atoms with van der Waals surface area (Å²) < 4.78 is 0. The van der Waals surface area contributed by atoms with Crippen molar-refractivity contribution in [3.63, 3.8) is 0 Å². The molecule has 0 aliphatic rings. The van der Waals surface area contributed by atoms with Gasteiger partial charge in [-0.05, 0) is 53.2 Å². The maximum Gasteiger partial charge on any atom is 0.0561 e. The molecule has 2 rings (SSSR count). The number of nitrogens with one attached hydrogen (secondary N) is 1. The van der Waals surface area contributed by atoms with Crippen molar-refractivity contribution in [1.82, 2.24) is 5.32 Å². The topological polar surface area (TPSA) is 12.0 Å². The van der Waals surface area contributed by atoms with Gasteiger partial charge in [-0.3, -0.25) is 0 Å². The zero-order chi connectivity index (χ0) is 12.1. The van der Waals surface area contributed by atoms with Crippen LogP contribution in [0.25, 0.3) is 0 Å². The van der Waals surface area contributed by atoms with Gasteiger partial charge in [-0.2, -0.15) is 11.3 Å². The number of hydrogen-bond donors (Lipinski definition) is 1. The van der Waals surface area contributed by atoms with Crippen LogP contribution in [-0.4, -0.2) is 6.54 Å². The average Bonchev–Trinajstić information content (AvgIpc) is 2.95. The quantitative estimate of drug-likeness (QED) is 0.808. The van der Waals surface area contributed by atoms with Gasteiger partial charge in [0.05, 0.1) is 5.02 Å². The van der Waals surface area contributed by atoms with Crippen molar-refractivity contribution in [2.75, 3.05) is 6.54 Å². The van der Waals surface area contributed by atoms with Crippen LogP contribution in [0.5, 0.6) is 0 Å². The minimum Gasteiger partial charge on any atom is -0.309 e. The van der Waals surface area contributed by atoms with Crippen molar-refractivity contribution < 1.29 is 0 Å². The van der Waals surface area contributed by atoms with Crippen molar-refractivity contribution in [3.8, 4) is 0 Å². The van der Waals surface area contributed by atoms with Crippen molar-refractivity contribution in [2.45, 2.75) is 25.8 Å². The lowest BCUT2D eigenvalue weighted by Crippen LogP contribution is -2.23. The number of rotatable bonds is 6.